The minimum Gasteiger partial charge on any atom is -0.350 e. The Labute approximate surface area is 87.3 Å². The van der Waals surface area contributed by atoms with E-state index in [9.17, 15) is 13.6 Å². The Balaban J connectivity index is 3.04. The van der Waals surface area contributed by atoms with Crippen LogP contribution in [0.2, 0.25) is 0 Å². The second kappa shape index (κ2) is 4.38. The fourth-order valence-electron chi connectivity index (χ4n) is 1.17. The van der Waals surface area contributed by atoms with Gasteiger partial charge in [-0.3, -0.25) is 4.79 Å². The van der Waals surface area contributed by atoms with E-state index >= 15 is 0 Å². The molecule has 0 radical (unpaired) electrons. The van der Waals surface area contributed by atoms with Crippen molar-refractivity contribution in [3.63, 3.8) is 0 Å². The number of benzene rings is 1. The number of hydrogen-bond donors (Lipinski definition) is 1. The standard InChI is InChI=1S/C11H13F2NO/c1-6(2)14-11(15)8-4-7(3)9(12)5-10(8)13/h4-6H,1-3H3,(H,14,15). The SMILES string of the molecule is Cc1cc(C(=O)NC(C)C)c(F)cc1F. The first kappa shape index (κ1) is 11.6. The molecule has 1 aromatic carbocycles. The molecule has 0 fully saturated rings. The summed E-state index contributed by atoms with van der Waals surface area (Å²) in [4.78, 5) is 11.5. The van der Waals surface area contributed by atoms with Crippen LogP contribution in [0.5, 0.6) is 0 Å². The molecule has 1 N–H and O–H groups in total. The lowest BCUT2D eigenvalue weighted by atomic mass is 10.1. The largest absolute Gasteiger partial charge is 0.350 e. The zero-order chi connectivity index (χ0) is 11.6. The highest BCUT2D eigenvalue weighted by Gasteiger charge is 2.14. The van der Waals surface area contributed by atoms with Crippen molar-refractivity contribution in [3.8, 4) is 0 Å². The molecule has 0 saturated carbocycles. The van der Waals surface area contributed by atoms with E-state index in [0.717, 1.165) is 6.07 Å². The first-order chi connectivity index (χ1) is 6.91. The van der Waals surface area contributed by atoms with Gasteiger partial charge in [-0.2, -0.15) is 0 Å². The normalized spacial score (nSPS) is 10.5. The number of carbonyl (C=O) groups is 1. The van der Waals surface area contributed by atoms with Crippen molar-refractivity contribution in [1.82, 2.24) is 5.32 Å². The summed E-state index contributed by atoms with van der Waals surface area (Å²) in [5.41, 5.74) is 0.132. The van der Waals surface area contributed by atoms with E-state index in [-0.39, 0.29) is 17.2 Å². The summed E-state index contributed by atoms with van der Waals surface area (Å²) in [5.74, 6) is -2.00. The number of carbonyl (C=O) groups excluding carboxylic acids is 1. The molecule has 0 heterocycles. The average molecular weight is 213 g/mol. The van der Waals surface area contributed by atoms with Gasteiger partial charge in [0.25, 0.3) is 5.91 Å². The Morgan fingerprint density at radius 2 is 1.87 bits per heavy atom. The molecule has 0 aromatic heterocycles. The Kier molecular flexibility index (Phi) is 3.39. The van der Waals surface area contributed by atoms with Crippen molar-refractivity contribution in [2.75, 3.05) is 0 Å². The molecule has 0 unspecified atom stereocenters. The van der Waals surface area contributed by atoms with Gasteiger partial charge in [-0.05, 0) is 32.4 Å². The molecule has 15 heavy (non-hydrogen) atoms. The summed E-state index contributed by atoms with van der Waals surface area (Å²) in [6.07, 6.45) is 0. The van der Waals surface area contributed by atoms with E-state index in [0.29, 0.717) is 0 Å². The summed E-state index contributed by atoms with van der Waals surface area (Å²) in [6, 6.07) is 1.86. The highest BCUT2D eigenvalue weighted by atomic mass is 19.1. The van der Waals surface area contributed by atoms with Gasteiger partial charge in [0.15, 0.2) is 0 Å². The second-order valence-corrected chi connectivity index (χ2v) is 3.71. The topological polar surface area (TPSA) is 29.1 Å². The number of rotatable bonds is 2. The van der Waals surface area contributed by atoms with Gasteiger partial charge in [0.05, 0.1) is 5.56 Å². The van der Waals surface area contributed by atoms with Crippen molar-refractivity contribution in [1.29, 1.82) is 0 Å². The fraction of sp³-hybridized carbons (Fsp3) is 0.364. The molecule has 1 rings (SSSR count). The zero-order valence-electron chi connectivity index (χ0n) is 8.90. The molecule has 2 nitrogen and oxygen atoms in total. The molecule has 82 valence electrons. The maximum atomic E-state index is 13.2. The lowest BCUT2D eigenvalue weighted by Crippen LogP contribution is -2.30. The van der Waals surface area contributed by atoms with Crippen LogP contribution >= 0.6 is 0 Å². The first-order valence-corrected chi connectivity index (χ1v) is 4.68. The molecule has 0 aliphatic heterocycles. The van der Waals surface area contributed by atoms with Gasteiger partial charge in [0.1, 0.15) is 11.6 Å². The summed E-state index contributed by atoms with van der Waals surface area (Å²) in [7, 11) is 0. The minimum absolute atomic E-state index is 0.0812. The van der Waals surface area contributed by atoms with E-state index in [2.05, 4.69) is 5.32 Å². The molecule has 1 aromatic rings. The van der Waals surface area contributed by atoms with Crippen LogP contribution in [0, 0.1) is 18.6 Å². The van der Waals surface area contributed by atoms with E-state index in [4.69, 9.17) is 0 Å². The summed E-state index contributed by atoms with van der Waals surface area (Å²) in [5, 5.41) is 2.55. The van der Waals surface area contributed by atoms with Gasteiger partial charge >= 0.3 is 0 Å². The van der Waals surface area contributed by atoms with Crippen LogP contribution in [0.25, 0.3) is 0 Å². The van der Waals surface area contributed by atoms with Gasteiger partial charge < -0.3 is 5.32 Å². The van der Waals surface area contributed by atoms with E-state index in [1.165, 1.54) is 13.0 Å². The monoisotopic (exact) mass is 213 g/mol. The maximum absolute atomic E-state index is 13.2. The third-order valence-electron chi connectivity index (χ3n) is 1.91. The van der Waals surface area contributed by atoms with Crippen molar-refractivity contribution in [3.05, 3.63) is 34.9 Å². The number of aryl methyl sites for hydroxylation is 1. The fourth-order valence-corrected chi connectivity index (χ4v) is 1.17. The van der Waals surface area contributed by atoms with Gasteiger partial charge in [-0.25, -0.2) is 8.78 Å². The van der Waals surface area contributed by atoms with Gasteiger partial charge in [-0.1, -0.05) is 0 Å². The van der Waals surface area contributed by atoms with Crippen LogP contribution in [-0.2, 0) is 0 Å². The van der Waals surface area contributed by atoms with Crippen LogP contribution < -0.4 is 5.32 Å². The summed E-state index contributed by atoms with van der Waals surface area (Å²) >= 11 is 0. The maximum Gasteiger partial charge on any atom is 0.254 e. The Hall–Kier alpha value is -1.45. The molecular weight excluding hydrogens is 200 g/mol. The van der Waals surface area contributed by atoms with Crippen molar-refractivity contribution >= 4 is 5.91 Å². The Bertz CT molecular complexity index is 388. The van der Waals surface area contributed by atoms with Crippen LogP contribution in [0.1, 0.15) is 29.8 Å². The van der Waals surface area contributed by atoms with Crippen LogP contribution in [0.3, 0.4) is 0 Å². The highest BCUT2D eigenvalue weighted by molar-refractivity contribution is 5.94. The summed E-state index contributed by atoms with van der Waals surface area (Å²) in [6.45, 7) is 5.03. The molecule has 4 heteroatoms. The average Bonchev–Trinajstić information content (AvgIpc) is 2.09. The van der Waals surface area contributed by atoms with Gasteiger partial charge in [-0.15, -0.1) is 0 Å². The predicted octanol–water partition coefficient (Wildman–Crippen LogP) is 2.41. The third-order valence-corrected chi connectivity index (χ3v) is 1.91. The van der Waals surface area contributed by atoms with Crippen LogP contribution in [0.4, 0.5) is 8.78 Å². The Morgan fingerprint density at radius 1 is 1.27 bits per heavy atom. The second-order valence-electron chi connectivity index (χ2n) is 3.71. The number of nitrogens with one attached hydrogen (secondary N) is 1. The molecule has 0 saturated heterocycles. The molecule has 0 aliphatic rings. The molecule has 0 atom stereocenters. The molecular formula is C11H13F2NO. The van der Waals surface area contributed by atoms with E-state index in [1.807, 2.05) is 0 Å². The third kappa shape index (κ3) is 2.75. The van der Waals surface area contributed by atoms with Crippen molar-refractivity contribution < 1.29 is 13.6 Å². The number of halogens is 2. The molecule has 0 bridgehead atoms. The molecule has 0 aliphatic carbocycles. The van der Waals surface area contributed by atoms with Crippen LogP contribution in [0.15, 0.2) is 12.1 Å². The van der Waals surface area contributed by atoms with E-state index in [1.54, 1.807) is 13.8 Å². The van der Waals surface area contributed by atoms with Gasteiger partial charge in [0, 0.05) is 12.1 Å². The van der Waals surface area contributed by atoms with Gasteiger partial charge in [0.2, 0.25) is 0 Å². The predicted molar refractivity (Wildman–Crippen MR) is 53.7 cm³/mol. The van der Waals surface area contributed by atoms with Crippen molar-refractivity contribution in [2.24, 2.45) is 0 Å². The lowest BCUT2D eigenvalue weighted by Gasteiger charge is -2.09. The lowest BCUT2D eigenvalue weighted by molar-refractivity contribution is 0.0939. The zero-order valence-corrected chi connectivity index (χ0v) is 8.90. The minimum atomic E-state index is -0.837. The molecule has 0 spiro atoms. The van der Waals surface area contributed by atoms with Crippen molar-refractivity contribution in [2.45, 2.75) is 26.8 Å². The first-order valence-electron chi connectivity index (χ1n) is 4.68. The highest BCUT2D eigenvalue weighted by Crippen LogP contribution is 2.14. The van der Waals surface area contributed by atoms with E-state index < -0.39 is 17.5 Å². The quantitative estimate of drug-likeness (QED) is 0.803. The summed E-state index contributed by atoms with van der Waals surface area (Å²) < 4.78 is 26.1. The van der Waals surface area contributed by atoms with Crippen LogP contribution in [-0.4, -0.2) is 11.9 Å². The Morgan fingerprint density at radius 3 is 2.40 bits per heavy atom. The smallest absolute Gasteiger partial charge is 0.254 e. The number of amides is 1. The molecule has 1 amide bonds. The number of hydrogen-bond acceptors (Lipinski definition) is 1.